The average Bonchev–Trinajstić information content (AvgIpc) is 3.08. The van der Waals surface area contributed by atoms with E-state index in [9.17, 15) is 22.4 Å². The summed E-state index contributed by atoms with van der Waals surface area (Å²) in [4.78, 5) is 29.2. The number of hydrogen-bond acceptors (Lipinski definition) is 6. The van der Waals surface area contributed by atoms with E-state index in [0.29, 0.717) is 34.9 Å². The lowest BCUT2D eigenvalue weighted by atomic mass is 10.0. The highest BCUT2D eigenvalue weighted by molar-refractivity contribution is 7.89. The van der Waals surface area contributed by atoms with Crippen LogP contribution in [0.2, 0.25) is 5.02 Å². The van der Waals surface area contributed by atoms with Crippen LogP contribution in [0.15, 0.2) is 108 Å². The first-order valence-corrected chi connectivity index (χ1v) is 16.4. The molecule has 0 unspecified atom stereocenters. The molecule has 2 amide bonds. The molecule has 0 bridgehead atoms. The van der Waals surface area contributed by atoms with Crippen molar-refractivity contribution in [2.75, 3.05) is 32.9 Å². The standard InChI is InChI=1S/C34H33ClFN3O6S/c35-31-9-5-4-8-27(31)22-37-34(41)33(26-6-2-1-3-7-26)39(23-25-10-12-28(36)13-11-25)32(40)24-45-29-14-16-30(17-15-29)46(42,43)38-18-20-44-21-19-38/h1-17,33H,18-24H2,(H,37,41)/t33-/m0/s1. The Morgan fingerprint density at radius 3 is 2.24 bits per heavy atom. The first-order valence-electron chi connectivity index (χ1n) is 14.6. The molecule has 1 atom stereocenters. The van der Waals surface area contributed by atoms with Crippen molar-refractivity contribution in [1.82, 2.24) is 14.5 Å². The molecule has 1 saturated heterocycles. The van der Waals surface area contributed by atoms with Gasteiger partial charge in [-0.2, -0.15) is 4.31 Å². The van der Waals surface area contributed by atoms with E-state index in [1.165, 1.54) is 45.6 Å². The van der Waals surface area contributed by atoms with Crippen LogP contribution in [0.3, 0.4) is 0 Å². The Kier molecular flexibility index (Phi) is 11.0. The number of halogens is 2. The number of ether oxygens (including phenoxy) is 2. The lowest BCUT2D eigenvalue weighted by Gasteiger charge is -2.31. The molecule has 1 N–H and O–H groups in total. The minimum Gasteiger partial charge on any atom is -0.484 e. The molecule has 4 aromatic carbocycles. The lowest BCUT2D eigenvalue weighted by molar-refractivity contribution is -0.143. The largest absolute Gasteiger partial charge is 0.484 e. The van der Waals surface area contributed by atoms with Crippen molar-refractivity contribution in [3.63, 3.8) is 0 Å². The van der Waals surface area contributed by atoms with E-state index >= 15 is 0 Å². The van der Waals surface area contributed by atoms with Crippen LogP contribution in [0.5, 0.6) is 5.75 Å². The highest BCUT2D eigenvalue weighted by atomic mass is 35.5. The van der Waals surface area contributed by atoms with Crippen LogP contribution in [0, 0.1) is 5.82 Å². The number of carbonyl (C=O) groups is 2. The zero-order valence-electron chi connectivity index (χ0n) is 24.9. The number of carbonyl (C=O) groups excluding carboxylic acids is 2. The number of benzene rings is 4. The predicted molar refractivity (Wildman–Crippen MR) is 171 cm³/mol. The third-order valence-electron chi connectivity index (χ3n) is 7.47. The Hall–Kier alpha value is -4.29. The van der Waals surface area contributed by atoms with E-state index in [4.69, 9.17) is 21.1 Å². The quantitative estimate of drug-likeness (QED) is 0.229. The van der Waals surface area contributed by atoms with E-state index in [1.54, 1.807) is 60.7 Å². The summed E-state index contributed by atoms with van der Waals surface area (Å²) in [5.41, 5.74) is 1.88. The third kappa shape index (κ3) is 8.29. The van der Waals surface area contributed by atoms with E-state index < -0.39 is 40.3 Å². The smallest absolute Gasteiger partial charge is 0.261 e. The van der Waals surface area contributed by atoms with Gasteiger partial charge in [-0.15, -0.1) is 0 Å². The van der Waals surface area contributed by atoms with Crippen molar-refractivity contribution in [2.24, 2.45) is 0 Å². The monoisotopic (exact) mass is 665 g/mol. The first kappa shape index (κ1) is 33.1. The second-order valence-corrected chi connectivity index (χ2v) is 12.9. The summed E-state index contributed by atoms with van der Waals surface area (Å²) in [6.07, 6.45) is 0. The molecule has 1 fully saturated rings. The molecule has 240 valence electrons. The molecule has 1 heterocycles. The number of nitrogens with one attached hydrogen (secondary N) is 1. The highest BCUT2D eigenvalue weighted by Crippen LogP contribution is 2.26. The fourth-order valence-corrected chi connectivity index (χ4v) is 6.62. The first-order chi connectivity index (χ1) is 22.2. The van der Waals surface area contributed by atoms with E-state index in [1.807, 2.05) is 6.07 Å². The number of hydrogen-bond donors (Lipinski definition) is 1. The van der Waals surface area contributed by atoms with Gasteiger partial charge in [0.15, 0.2) is 6.61 Å². The molecular weight excluding hydrogens is 633 g/mol. The molecule has 0 saturated carbocycles. The van der Waals surface area contributed by atoms with Crippen LogP contribution < -0.4 is 10.1 Å². The van der Waals surface area contributed by atoms with Crippen LogP contribution in [-0.4, -0.2) is 62.3 Å². The summed E-state index contributed by atoms with van der Waals surface area (Å²) in [5, 5.41) is 3.40. The van der Waals surface area contributed by atoms with Gasteiger partial charge in [-0.3, -0.25) is 9.59 Å². The Bertz CT molecular complexity index is 1740. The normalized spacial score (nSPS) is 14.3. The second-order valence-electron chi connectivity index (χ2n) is 10.5. The van der Waals surface area contributed by atoms with Crippen molar-refractivity contribution < 1.29 is 31.9 Å². The van der Waals surface area contributed by atoms with Crippen molar-refractivity contribution in [1.29, 1.82) is 0 Å². The van der Waals surface area contributed by atoms with Gasteiger partial charge in [0.1, 0.15) is 17.6 Å². The maximum Gasteiger partial charge on any atom is 0.261 e. The Labute approximate surface area is 272 Å². The molecule has 0 aromatic heterocycles. The molecule has 1 aliphatic rings. The van der Waals surface area contributed by atoms with Crippen LogP contribution in [0.1, 0.15) is 22.7 Å². The van der Waals surface area contributed by atoms with Gasteiger partial charge in [0.2, 0.25) is 15.9 Å². The van der Waals surface area contributed by atoms with Gasteiger partial charge in [0.05, 0.1) is 18.1 Å². The van der Waals surface area contributed by atoms with Crippen LogP contribution in [0.4, 0.5) is 4.39 Å². The summed E-state index contributed by atoms with van der Waals surface area (Å²) in [6, 6.07) is 26.4. The third-order valence-corrected chi connectivity index (χ3v) is 9.75. The molecule has 9 nitrogen and oxygen atoms in total. The number of sulfonamides is 1. The minimum absolute atomic E-state index is 0.0156. The Balaban J connectivity index is 1.37. The molecule has 0 radical (unpaired) electrons. The van der Waals surface area contributed by atoms with Crippen molar-refractivity contribution in [2.45, 2.75) is 24.0 Å². The molecular formula is C34H33ClFN3O6S. The van der Waals surface area contributed by atoms with E-state index in [2.05, 4.69) is 5.32 Å². The predicted octanol–water partition coefficient (Wildman–Crippen LogP) is 4.97. The summed E-state index contributed by atoms with van der Waals surface area (Å²) >= 11 is 6.31. The second kappa shape index (κ2) is 15.3. The molecule has 1 aliphatic heterocycles. The average molecular weight is 666 g/mol. The van der Waals surface area contributed by atoms with Gasteiger partial charge in [0, 0.05) is 31.2 Å². The van der Waals surface area contributed by atoms with E-state index in [0.717, 1.165) is 0 Å². The maximum absolute atomic E-state index is 13.9. The Morgan fingerprint density at radius 2 is 1.57 bits per heavy atom. The fraction of sp³-hybridized carbons (Fsp3) is 0.235. The highest BCUT2D eigenvalue weighted by Gasteiger charge is 2.32. The zero-order chi connectivity index (χ0) is 32.5. The van der Waals surface area contributed by atoms with Crippen molar-refractivity contribution >= 4 is 33.4 Å². The molecule has 0 aliphatic carbocycles. The van der Waals surface area contributed by atoms with Crippen molar-refractivity contribution in [3.8, 4) is 5.75 Å². The van der Waals surface area contributed by atoms with Crippen LogP contribution in [0.25, 0.3) is 0 Å². The summed E-state index contributed by atoms with van der Waals surface area (Å²) < 4.78 is 52.1. The van der Waals surface area contributed by atoms with Gasteiger partial charge >= 0.3 is 0 Å². The number of morpholine rings is 1. The topological polar surface area (TPSA) is 105 Å². The minimum atomic E-state index is -3.70. The zero-order valence-corrected chi connectivity index (χ0v) is 26.4. The molecule has 0 spiro atoms. The van der Waals surface area contributed by atoms with Gasteiger partial charge in [-0.25, -0.2) is 12.8 Å². The fourth-order valence-electron chi connectivity index (χ4n) is 5.01. The SMILES string of the molecule is O=C(NCc1ccccc1Cl)[C@H](c1ccccc1)N(Cc1ccc(F)cc1)C(=O)COc1ccc(S(=O)(=O)N2CCOCC2)cc1. The van der Waals surface area contributed by atoms with Gasteiger partial charge in [-0.1, -0.05) is 72.3 Å². The summed E-state index contributed by atoms with van der Waals surface area (Å²) in [6.45, 7) is 0.881. The molecule has 4 aromatic rings. The summed E-state index contributed by atoms with van der Waals surface area (Å²) in [7, 11) is -3.70. The number of nitrogens with zero attached hydrogens (tertiary/aromatic N) is 2. The van der Waals surface area contributed by atoms with Crippen molar-refractivity contribution in [3.05, 3.63) is 131 Å². The van der Waals surface area contributed by atoms with Crippen LogP contribution in [-0.2, 0) is 37.4 Å². The molecule has 5 rings (SSSR count). The van der Waals surface area contributed by atoms with Gasteiger partial charge in [0.25, 0.3) is 5.91 Å². The van der Waals surface area contributed by atoms with Gasteiger partial charge in [-0.05, 0) is 59.2 Å². The number of rotatable bonds is 12. The number of amides is 2. The Morgan fingerprint density at radius 1 is 0.913 bits per heavy atom. The van der Waals surface area contributed by atoms with Crippen LogP contribution >= 0.6 is 11.6 Å². The van der Waals surface area contributed by atoms with Gasteiger partial charge < -0.3 is 19.7 Å². The molecule has 46 heavy (non-hydrogen) atoms. The summed E-state index contributed by atoms with van der Waals surface area (Å²) in [5.74, 6) is -1.12. The lowest BCUT2D eigenvalue weighted by Crippen LogP contribution is -2.45. The molecule has 12 heteroatoms. The van der Waals surface area contributed by atoms with E-state index in [-0.39, 0.29) is 36.8 Å². The maximum atomic E-state index is 13.9.